The maximum absolute atomic E-state index is 13.8. The van der Waals surface area contributed by atoms with Gasteiger partial charge in [0, 0.05) is 42.1 Å². The summed E-state index contributed by atoms with van der Waals surface area (Å²) in [6, 6.07) is 7.96. The number of carbonyl (C=O) groups excluding carboxylic acids is 3. The van der Waals surface area contributed by atoms with Crippen LogP contribution in [0, 0.1) is 11.8 Å². The number of Topliss-reactive ketones (excluding diaryl/α,β-unsaturated/α-hetero) is 2. The Bertz CT molecular complexity index is 1380. The molecule has 1 heterocycles. The summed E-state index contributed by atoms with van der Waals surface area (Å²) in [5, 5.41) is 55.2. The van der Waals surface area contributed by atoms with Gasteiger partial charge in [-0.05, 0) is 23.3 Å². The second kappa shape index (κ2) is 8.80. The Kier molecular flexibility index (Phi) is 5.86. The highest BCUT2D eigenvalue weighted by Gasteiger charge is 2.65. The number of ether oxygens (including phenoxy) is 1. The average Bonchev–Trinajstić information content (AvgIpc) is 2.86. The normalized spacial score (nSPS) is 29.0. The summed E-state index contributed by atoms with van der Waals surface area (Å²) in [5.41, 5.74) is 1.97. The fourth-order valence-corrected chi connectivity index (χ4v) is 5.76. The van der Waals surface area contributed by atoms with E-state index in [1.54, 1.807) is 30.6 Å². The van der Waals surface area contributed by atoms with Crippen molar-refractivity contribution in [3.05, 3.63) is 76.3 Å². The van der Waals surface area contributed by atoms with E-state index in [2.05, 4.69) is 4.98 Å². The van der Waals surface area contributed by atoms with Crippen LogP contribution in [-0.4, -0.2) is 66.3 Å². The summed E-state index contributed by atoms with van der Waals surface area (Å²) >= 11 is 0. The number of hydrogen-bond donors (Lipinski definition) is 6. The number of carbonyl (C=O) groups is 3. The van der Waals surface area contributed by atoms with Gasteiger partial charge in [0.05, 0.1) is 24.9 Å². The maximum Gasteiger partial charge on any atom is 0.255 e. The molecule has 0 aliphatic heterocycles. The number of benzene rings is 1. The molecular formula is C26H24N2O9. The fourth-order valence-electron chi connectivity index (χ4n) is 5.76. The molecule has 0 unspecified atom stereocenters. The van der Waals surface area contributed by atoms with Crippen LogP contribution in [0.2, 0.25) is 0 Å². The fraction of sp³-hybridized carbons (Fsp3) is 0.308. The van der Waals surface area contributed by atoms with E-state index < -0.39 is 76.0 Å². The zero-order valence-corrected chi connectivity index (χ0v) is 19.4. The quantitative estimate of drug-likeness (QED) is 0.310. The van der Waals surface area contributed by atoms with Crippen LogP contribution < -0.4 is 5.73 Å². The van der Waals surface area contributed by atoms with E-state index in [-0.39, 0.29) is 24.5 Å². The van der Waals surface area contributed by atoms with E-state index in [1.165, 1.54) is 12.1 Å². The molecule has 5 atom stereocenters. The second-order valence-corrected chi connectivity index (χ2v) is 9.42. The van der Waals surface area contributed by atoms with E-state index in [9.17, 15) is 39.9 Å². The van der Waals surface area contributed by atoms with Gasteiger partial charge >= 0.3 is 0 Å². The van der Waals surface area contributed by atoms with Gasteiger partial charge in [-0.2, -0.15) is 0 Å². The molecule has 0 bridgehead atoms. The smallest absolute Gasteiger partial charge is 0.255 e. The van der Waals surface area contributed by atoms with Crippen LogP contribution >= 0.6 is 0 Å². The highest BCUT2D eigenvalue weighted by atomic mass is 16.5. The van der Waals surface area contributed by atoms with Crippen LogP contribution in [-0.2, 0) is 25.7 Å². The van der Waals surface area contributed by atoms with Crippen molar-refractivity contribution in [1.29, 1.82) is 0 Å². The Labute approximate surface area is 210 Å². The molecular weight excluding hydrogens is 484 g/mol. The molecule has 3 aliphatic rings. The highest BCUT2D eigenvalue weighted by Crippen LogP contribution is 2.55. The molecule has 0 saturated heterocycles. The Hall–Kier alpha value is -4.06. The zero-order valence-electron chi connectivity index (χ0n) is 19.4. The van der Waals surface area contributed by atoms with E-state index in [1.807, 2.05) is 0 Å². The molecule has 1 amide bonds. The van der Waals surface area contributed by atoms with Crippen molar-refractivity contribution in [2.24, 2.45) is 17.6 Å². The average molecular weight is 508 g/mol. The van der Waals surface area contributed by atoms with Crippen LogP contribution in [0.4, 0.5) is 0 Å². The number of hydrogen-bond acceptors (Lipinski definition) is 10. The molecule has 37 heavy (non-hydrogen) atoms. The molecule has 192 valence electrons. The summed E-state index contributed by atoms with van der Waals surface area (Å²) < 4.78 is 5.88. The van der Waals surface area contributed by atoms with Gasteiger partial charge in [0.1, 0.15) is 22.8 Å². The minimum Gasteiger partial charge on any atom is -0.508 e. The molecule has 1 aromatic heterocycles. The van der Waals surface area contributed by atoms with Gasteiger partial charge in [0.25, 0.3) is 5.91 Å². The lowest BCUT2D eigenvalue weighted by molar-refractivity contribution is -0.161. The van der Waals surface area contributed by atoms with Gasteiger partial charge < -0.3 is 36.0 Å². The molecule has 11 heteroatoms. The van der Waals surface area contributed by atoms with Crippen molar-refractivity contribution in [2.45, 2.75) is 30.7 Å². The monoisotopic (exact) mass is 508 g/mol. The molecule has 1 saturated carbocycles. The first kappa shape index (κ1) is 24.6. The number of nitrogens with zero attached hydrogens (tertiary/aromatic N) is 1. The first-order valence-electron chi connectivity index (χ1n) is 11.5. The van der Waals surface area contributed by atoms with E-state index in [0.29, 0.717) is 5.56 Å². The van der Waals surface area contributed by atoms with Crippen LogP contribution in [0.5, 0.6) is 5.75 Å². The third-order valence-electron chi connectivity index (χ3n) is 7.46. The summed E-state index contributed by atoms with van der Waals surface area (Å²) in [5.74, 6) is -9.29. The number of aromatic hydroxyl groups is 1. The molecule has 1 aromatic carbocycles. The van der Waals surface area contributed by atoms with Crippen molar-refractivity contribution >= 4 is 23.2 Å². The predicted octanol–water partition coefficient (Wildman–Crippen LogP) is 0.548. The minimum atomic E-state index is -2.89. The molecule has 7 N–H and O–H groups in total. The number of primary amides is 1. The molecule has 2 aromatic rings. The third kappa shape index (κ3) is 3.54. The van der Waals surface area contributed by atoms with Gasteiger partial charge in [-0.25, -0.2) is 0 Å². The second-order valence-electron chi connectivity index (χ2n) is 9.42. The molecule has 5 rings (SSSR count). The number of pyridine rings is 1. The SMILES string of the molecule is NC(=O)C1=C(O)[C@@]2(O)C(=O)C3=C(O)c4c(O)cccc4[C@H](COCc4cccnc4)[C@H]3[C@H](O)[C@H]2CC1=O. The number of amides is 1. The Balaban J connectivity index is 1.63. The lowest BCUT2D eigenvalue weighted by Crippen LogP contribution is -2.64. The lowest BCUT2D eigenvalue weighted by Gasteiger charge is -2.50. The highest BCUT2D eigenvalue weighted by molar-refractivity contribution is 6.23. The standard InChI is InChI=1S/C26H24N2O9/c27-25(35)19-16(30)7-14-21(31)18-13(10-37-9-11-3-2-6-28-8-11)12-4-1-5-15(29)17(12)22(32)20(18)24(34)26(14,36)23(19)33/h1-6,8,13-14,18,21,29,31-33,36H,7,9-10H2,(H2,27,35)/t13-,14+,18+,21+,26+/m0/s1. The topological polar surface area (TPSA) is 200 Å². The van der Waals surface area contributed by atoms with Crippen molar-refractivity contribution in [1.82, 2.24) is 4.98 Å². The van der Waals surface area contributed by atoms with Gasteiger partial charge in [-0.15, -0.1) is 0 Å². The molecule has 11 nitrogen and oxygen atoms in total. The van der Waals surface area contributed by atoms with Crippen LogP contribution in [0.1, 0.15) is 29.0 Å². The van der Waals surface area contributed by atoms with Crippen molar-refractivity contribution in [3.8, 4) is 5.75 Å². The Morgan fingerprint density at radius 2 is 1.92 bits per heavy atom. The van der Waals surface area contributed by atoms with Gasteiger partial charge in [0.15, 0.2) is 11.4 Å². The number of rotatable bonds is 5. The number of phenols is 1. The van der Waals surface area contributed by atoms with Gasteiger partial charge in [0.2, 0.25) is 5.78 Å². The number of ketones is 2. The third-order valence-corrected chi connectivity index (χ3v) is 7.46. The summed E-state index contributed by atoms with van der Waals surface area (Å²) in [4.78, 5) is 42.2. The lowest BCUT2D eigenvalue weighted by atomic mass is 9.55. The Morgan fingerprint density at radius 1 is 1.16 bits per heavy atom. The summed E-state index contributed by atoms with van der Waals surface area (Å²) in [6.45, 7) is 0.0578. The molecule has 0 spiro atoms. The van der Waals surface area contributed by atoms with E-state index in [0.717, 1.165) is 5.56 Å². The van der Waals surface area contributed by atoms with Crippen molar-refractivity contribution in [3.63, 3.8) is 0 Å². The first-order chi connectivity index (χ1) is 17.6. The van der Waals surface area contributed by atoms with E-state index >= 15 is 0 Å². The maximum atomic E-state index is 13.8. The number of phenolic OH excluding ortho intramolecular Hbond substituents is 1. The number of fused-ring (bicyclic) bond motifs is 3. The summed E-state index contributed by atoms with van der Waals surface area (Å²) in [6.07, 6.45) is 0.929. The number of aliphatic hydroxyl groups is 4. The number of nitrogens with two attached hydrogens (primary N) is 1. The molecule has 0 radical (unpaired) electrons. The van der Waals surface area contributed by atoms with Crippen molar-refractivity contribution in [2.75, 3.05) is 6.61 Å². The first-order valence-corrected chi connectivity index (χ1v) is 11.5. The number of aliphatic hydroxyl groups excluding tert-OH is 3. The summed E-state index contributed by atoms with van der Waals surface area (Å²) in [7, 11) is 0. The largest absolute Gasteiger partial charge is 0.508 e. The van der Waals surface area contributed by atoms with E-state index in [4.69, 9.17) is 10.5 Å². The number of aromatic nitrogens is 1. The van der Waals surface area contributed by atoms with Crippen molar-refractivity contribution < 1.29 is 44.7 Å². The van der Waals surface area contributed by atoms with Gasteiger partial charge in [-0.3, -0.25) is 19.4 Å². The molecule has 3 aliphatic carbocycles. The molecule has 1 fully saturated rings. The van der Waals surface area contributed by atoms with Crippen LogP contribution in [0.25, 0.3) is 5.76 Å². The minimum absolute atomic E-state index is 0.0788. The Morgan fingerprint density at radius 3 is 2.59 bits per heavy atom. The van der Waals surface area contributed by atoms with Crippen LogP contribution in [0.3, 0.4) is 0 Å². The van der Waals surface area contributed by atoms with Crippen LogP contribution in [0.15, 0.2) is 59.6 Å². The zero-order chi connectivity index (χ0) is 26.6. The predicted molar refractivity (Wildman–Crippen MR) is 126 cm³/mol. The van der Waals surface area contributed by atoms with Gasteiger partial charge in [-0.1, -0.05) is 18.2 Å².